The average molecular weight is 258 g/mol. The van der Waals surface area contributed by atoms with E-state index in [2.05, 4.69) is 10.6 Å². The molecule has 6 heteroatoms. The zero-order valence-electron chi connectivity index (χ0n) is 11.2. The number of carboxylic acid groups (broad SMARTS) is 1. The van der Waals surface area contributed by atoms with Crippen molar-refractivity contribution in [3.8, 4) is 0 Å². The quantitative estimate of drug-likeness (QED) is 0.685. The molecule has 0 heterocycles. The van der Waals surface area contributed by atoms with Crippen LogP contribution in [0.5, 0.6) is 0 Å². The van der Waals surface area contributed by atoms with Crippen LogP contribution in [0.4, 0.5) is 4.79 Å². The Labute approximate surface area is 107 Å². The molecule has 3 N–H and O–H groups in total. The summed E-state index contributed by atoms with van der Waals surface area (Å²) in [7, 11) is 1.59. The van der Waals surface area contributed by atoms with Gasteiger partial charge in [0.15, 0.2) is 0 Å². The minimum Gasteiger partial charge on any atom is -0.481 e. The lowest BCUT2D eigenvalue weighted by Crippen LogP contribution is -2.46. The zero-order valence-corrected chi connectivity index (χ0v) is 11.2. The summed E-state index contributed by atoms with van der Waals surface area (Å²) in [4.78, 5) is 22.4. The van der Waals surface area contributed by atoms with Gasteiger partial charge in [-0.3, -0.25) is 4.79 Å². The predicted octanol–water partition coefficient (Wildman–Crippen LogP) is 0.964. The molecule has 18 heavy (non-hydrogen) atoms. The molecule has 0 saturated heterocycles. The third kappa shape index (κ3) is 4.52. The van der Waals surface area contributed by atoms with Crippen molar-refractivity contribution in [2.45, 2.75) is 44.8 Å². The van der Waals surface area contributed by atoms with E-state index in [0.29, 0.717) is 19.4 Å². The first kappa shape index (κ1) is 14.8. The SMILES string of the molecule is COC(C)(C)CNC(=O)N[C@H]1CC[C@@H](C(=O)O)C1. The molecule has 6 nitrogen and oxygen atoms in total. The summed E-state index contributed by atoms with van der Waals surface area (Å²) in [6.07, 6.45) is 1.86. The van der Waals surface area contributed by atoms with E-state index in [9.17, 15) is 9.59 Å². The van der Waals surface area contributed by atoms with E-state index < -0.39 is 11.6 Å². The van der Waals surface area contributed by atoms with Gasteiger partial charge in [-0.25, -0.2) is 4.79 Å². The monoisotopic (exact) mass is 258 g/mol. The summed E-state index contributed by atoms with van der Waals surface area (Å²) in [5.41, 5.74) is -0.406. The highest BCUT2D eigenvalue weighted by atomic mass is 16.5. The van der Waals surface area contributed by atoms with Crippen LogP contribution in [-0.2, 0) is 9.53 Å². The Balaban J connectivity index is 2.28. The number of hydrogen-bond donors (Lipinski definition) is 3. The summed E-state index contributed by atoms with van der Waals surface area (Å²) in [5, 5.41) is 14.4. The molecule has 1 rings (SSSR count). The lowest BCUT2D eigenvalue weighted by atomic mass is 10.1. The summed E-state index contributed by atoms with van der Waals surface area (Å²) >= 11 is 0. The van der Waals surface area contributed by atoms with Gasteiger partial charge in [0, 0.05) is 19.7 Å². The lowest BCUT2D eigenvalue weighted by molar-refractivity contribution is -0.141. The first-order valence-electron chi connectivity index (χ1n) is 6.16. The molecule has 2 amide bonds. The maximum Gasteiger partial charge on any atom is 0.315 e. The van der Waals surface area contributed by atoms with Crippen LogP contribution in [0.1, 0.15) is 33.1 Å². The highest BCUT2D eigenvalue weighted by Crippen LogP contribution is 2.25. The predicted molar refractivity (Wildman–Crippen MR) is 66.4 cm³/mol. The van der Waals surface area contributed by atoms with Crippen LogP contribution in [0.15, 0.2) is 0 Å². The number of urea groups is 1. The van der Waals surface area contributed by atoms with Crippen molar-refractivity contribution >= 4 is 12.0 Å². The van der Waals surface area contributed by atoms with Crippen molar-refractivity contribution in [3.05, 3.63) is 0 Å². The number of nitrogens with one attached hydrogen (secondary N) is 2. The standard InChI is InChI=1S/C12H22N2O4/c1-12(2,18-3)7-13-11(17)14-9-5-4-8(6-9)10(15)16/h8-9H,4-7H2,1-3H3,(H,15,16)(H2,13,14,17)/t8-,9+/m1/s1. The molecule has 0 aliphatic heterocycles. The van der Waals surface area contributed by atoms with Crippen LogP contribution in [0, 0.1) is 5.92 Å². The second-order valence-corrected chi connectivity index (χ2v) is 5.34. The van der Waals surface area contributed by atoms with E-state index in [4.69, 9.17) is 9.84 Å². The van der Waals surface area contributed by atoms with Gasteiger partial charge in [-0.2, -0.15) is 0 Å². The van der Waals surface area contributed by atoms with Crippen molar-refractivity contribution in [2.75, 3.05) is 13.7 Å². The van der Waals surface area contributed by atoms with Crippen molar-refractivity contribution in [1.29, 1.82) is 0 Å². The smallest absolute Gasteiger partial charge is 0.315 e. The van der Waals surface area contributed by atoms with Crippen molar-refractivity contribution in [1.82, 2.24) is 10.6 Å². The molecule has 0 spiro atoms. The molecule has 2 atom stereocenters. The summed E-state index contributed by atoms with van der Waals surface area (Å²) < 4.78 is 5.19. The van der Waals surface area contributed by atoms with E-state index in [1.165, 1.54) is 0 Å². The molecule has 0 aromatic carbocycles. The number of carboxylic acids is 1. The Morgan fingerprint density at radius 1 is 1.39 bits per heavy atom. The second kappa shape index (κ2) is 6.04. The molecule has 1 aliphatic carbocycles. The number of carbonyl (C=O) groups excluding carboxylic acids is 1. The molecule has 1 aliphatic rings. The van der Waals surface area contributed by atoms with Crippen molar-refractivity contribution in [3.63, 3.8) is 0 Å². The third-order valence-corrected chi connectivity index (χ3v) is 3.34. The van der Waals surface area contributed by atoms with Gasteiger partial charge in [0.05, 0.1) is 11.5 Å². The molecule has 104 valence electrons. The van der Waals surface area contributed by atoms with Crippen LogP contribution < -0.4 is 10.6 Å². The zero-order chi connectivity index (χ0) is 13.8. The summed E-state index contributed by atoms with van der Waals surface area (Å²) in [6, 6.07) is -0.312. The van der Waals surface area contributed by atoms with E-state index in [1.54, 1.807) is 7.11 Å². The van der Waals surface area contributed by atoms with Gasteiger partial charge in [0.2, 0.25) is 0 Å². The fourth-order valence-corrected chi connectivity index (χ4v) is 1.94. The minimum absolute atomic E-state index is 0.0447. The number of aliphatic carboxylic acids is 1. The molecule has 0 aromatic rings. The number of carbonyl (C=O) groups is 2. The number of hydrogen-bond acceptors (Lipinski definition) is 3. The fourth-order valence-electron chi connectivity index (χ4n) is 1.94. The molecule has 1 fully saturated rings. The van der Waals surface area contributed by atoms with Crippen LogP contribution >= 0.6 is 0 Å². The molecule has 0 bridgehead atoms. The molecule has 1 saturated carbocycles. The van der Waals surface area contributed by atoms with Crippen LogP contribution in [-0.4, -0.2) is 42.4 Å². The van der Waals surface area contributed by atoms with Gasteiger partial charge in [0.25, 0.3) is 0 Å². The summed E-state index contributed by atoms with van der Waals surface area (Å²) in [6.45, 7) is 4.16. The van der Waals surface area contributed by atoms with E-state index >= 15 is 0 Å². The largest absolute Gasteiger partial charge is 0.481 e. The van der Waals surface area contributed by atoms with Crippen molar-refractivity contribution in [2.24, 2.45) is 5.92 Å². The first-order valence-corrected chi connectivity index (χ1v) is 6.16. The van der Waals surface area contributed by atoms with Crippen LogP contribution in [0.3, 0.4) is 0 Å². The Morgan fingerprint density at radius 2 is 2.06 bits per heavy atom. The number of ether oxygens (including phenoxy) is 1. The molecular formula is C12H22N2O4. The van der Waals surface area contributed by atoms with Gasteiger partial charge in [-0.15, -0.1) is 0 Å². The second-order valence-electron chi connectivity index (χ2n) is 5.34. The topological polar surface area (TPSA) is 87.7 Å². The Bertz CT molecular complexity index is 317. The van der Waals surface area contributed by atoms with Gasteiger partial charge in [-0.05, 0) is 33.1 Å². The molecular weight excluding hydrogens is 236 g/mol. The van der Waals surface area contributed by atoms with E-state index in [0.717, 1.165) is 6.42 Å². The Kier molecular flexibility index (Phi) is 4.95. The van der Waals surface area contributed by atoms with Crippen molar-refractivity contribution < 1.29 is 19.4 Å². The van der Waals surface area contributed by atoms with Crippen LogP contribution in [0.2, 0.25) is 0 Å². The van der Waals surface area contributed by atoms with E-state index in [1.807, 2.05) is 13.8 Å². The Hall–Kier alpha value is -1.30. The third-order valence-electron chi connectivity index (χ3n) is 3.34. The van der Waals surface area contributed by atoms with Gasteiger partial charge in [-0.1, -0.05) is 0 Å². The maximum absolute atomic E-state index is 11.6. The van der Waals surface area contributed by atoms with Crippen LogP contribution in [0.25, 0.3) is 0 Å². The van der Waals surface area contributed by atoms with Gasteiger partial charge >= 0.3 is 12.0 Å². The number of rotatable bonds is 5. The highest BCUT2D eigenvalue weighted by molar-refractivity contribution is 5.75. The van der Waals surface area contributed by atoms with E-state index in [-0.39, 0.29) is 18.0 Å². The molecule has 0 aromatic heterocycles. The average Bonchev–Trinajstić information content (AvgIpc) is 2.75. The Morgan fingerprint density at radius 3 is 2.56 bits per heavy atom. The lowest BCUT2D eigenvalue weighted by Gasteiger charge is -2.23. The molecule has 0 unspecified atom stereocenters. The number of methoxy groups -OCH3 is 1. The summed E-state index contributed by atoms with van der Waals surface area (Å²) in [5.74, 6) is -1.11. The number of amides is 2. The molecule has 0 radical (unpaired) electrons. The normalized spacial score (nSPS) is 23.7. The fraction of sp³-hybridized carbons (Fsp3) is 0.833. The van der Waals surface area contributed by atoms with Gasteiger partial charge < -0.3 is 20.5 Å². The highest BCUT2D eigenvalue weighted by Gasteiger charge is 2.30. The first-order chi connectivity index (χ1) is 8.34. The van der Waals surface area contributed by atoms with Gasteiger partial charge in [0.1, 0.15) is 0 Å². The maximum atomic E-state index is 11.6. The minimum atomic E-state index is -0.778.